The maximum Gasteiger partial charge on any atom is 0.240 e. The molecule has 0 unspecified atom stereocenters. The summed E-state index contributed by atoms with van der Waals surface area (Å²) in [6, 6.07) is 19.6. The predicted molar refractivity (Wildman–Crippen MR) is 112 cm³/mol. The average Bonchev–Trinajstić information content (AvgIpc) is 2.70. The number of nitrogens with one attached hydrogen (secondary N) is 1. The first-order valence-electron chi connectivity index (χ1n) is 8.79. The average molecular weight is 398 g/mol. The lowest BCUT2D eigenvalue weighted by atomic mass is 9.88. The topological polar surface area (TPSA) is 137 Å². The summed E-state index contributed by atoms with van der Waals surface area (Å²) in [6.07, 6.45) is 0.475. The molecule has 8 heteroatoms. The monoisotopic (exact) mass is 397 g/mol. The Balaban J connectivity index is 1.86. The van der Waals surface area contributed by atoms with Gasteiger partial charge in [-0.2, -0.15) is 0 Å². The van der Waals surface area contributed by atoms with E-state index in [1.54, 1.807) is 36.4 Å². The van der Waals surface area contributed by atoms with E-state index in [9.17, 15) is 8.42 Å². The van der Waals surface area contributed by atoms with E-state index in [-0.39, 0.29) is 29.0 Å². The van der Waals surface area contributed by atoms with Gasteiger partial charge in [-0.15, -0.1) is 0 Å². The Hall–Kier alpha value is -3.10. The van der Waals surface area contributed by atoms with E-state index in [0.29, 0.717) is 12.1 Å². The summed E-state index contributed by atoms with van der Waals surface area (Å²) in [7, 11) is -3.59. The molecule has 0 spiro atoms. The second-order valence-electron chi connectivity index (χ2n) is 6.40. The Morgan fingerprint density at radius 3 is 2.18 bits per heavy atom. The molecule has 7 N–H and O–H groups in total. The molecule has 0 aliphatic rings. The maximum atomic E-state index is 12.5. The van der Waals surface area contributed by atoms with Crippen molar-refractivity contribution in [3.8, 4) is 0 Å². The van der Waals surface area contributed by atoms with Crippen molar-refractivity contribution in [1.29, 1.82) is 0 Å². The summed E-state index contributed by atoms with van der Waals surface area (Å²) in [4.78, 5) is 4.21. The Kier molecular flexibility index (Phi) is 5.81. The maximum absolute atomic E-state index is 12.5. The highest BCUT2D eigenvalue weighted by Gasteiger charge is 2.21. The number of nitrogen functional groups attached to an aromatic ring is 3. The third-order valence-electron chi connectivity index (χ3n) is 4.50. The van der Waals surface area contributed by atoms with Gasteiger partial charge < -0.3 is 17.2 Å². The van der Waals surface area contributed by atoms with Crippen molar-refractivity contribution in [2.45, 2.75) is 17.2 Å². The van der Waals surface area contributed by atoms with Crippen LogP contribution in [-0.4, -0.2) is 19.9 Å². The van der Waals surface area contributed by atoms with E-state index < -0.39 is 10.0 Å². The summed E-state index contributed by atoms with van der Waals surface area (Å²) < 4.78 is 27.6. The largest absolute Gasteiger partial charge is 0.396 e. The molecule has 3 rings (SSSR count). The minimum Gasteiger partial charge on any atom is -0.396 e. The van der Waals surface area contributed by atoms with Crippen molar-refractivity contribution < 1.29 is 8.42 Å². The smallest absolute Gasteiger partial charge is 0.240 e. The molecule has 146 valence electrons. The van der Waals surface area contributed by atoms with Gasteiger partial charge >= 0.3 is 0 Å². The SMILES string of the molecule is Nc1cc([C@H](CCNS(=O)(=O)c2ccccc2)c2ccccc2)c(N)c(N)n1. The quantitative estimate of drug-likeness (QED) is 0.483. The molecule has 0 saturated carbocycles. The van der Waals surface area contributed by atoms with Crippen molar-refractivity contribution in [1.82, 2.24) is 9.71 Å². The van der Waals surface area contributed by atoms with E-state index in [4.69, 9.17) is 17.2 Å². The zero-order chi connectivity index (χ0) is 20.1. The second-order valence-corrected chi connectivity index (χ2v) is 8.16. The molecule has 0 saturated heterocycles. The number of sulfonamides is 1. The van der Waals surface area contributed by atoms with Crippen LogP contribution in [0.25, 0.3) is 0 Å². The number of aromatic nitrogens is 1. The summed E-state index contributed by atoms with van der Waals surface area (Å²) in [5.41, 5.74) is 20.0. The van der Waals surface area contributed by atoms with Crippen LogP contribution in [0.2, 0.25) is 0 Å². The van der Waals surface area contributed by atoms with E-state index in [1.165, 1.54) is 0 Å². The van der Waals surface area contributed by atoms with Crippen molar-refractivity contribution in [2.75, 3.05) is 23.7 Å². The first-order chi connectivity index (χ1) is 13.4. The van der Waals surface area contributed by atoms with Crippen LogP contribution in [0.5, 0.6) is 0 Å². The Bertz CT molecular complexity index is 1040. The highest BCUT2D eigenvalue weighted by atomic mass is 32.2. The van der Waals surface area contributed by atoms with Crippen LogP contribution >= 0.6 is 0 Å². The van der Waals surface area contributed by atoms with Crippen molar-refractivity contribution in [3.05, 3.63) is 77.9 Å². The van der Waals surface area contributed by atoms with Gasteiger partial charge in [-0.3, -0.25) is 0 Å². The second kappa shape index (κ2) is 8.28. The number of nitrogens with zero attached hydrogens (tertiary/aromatic N) is 1. The lowest BCUT2D eigenvalue weighted by Crippen LogP contribution is -2.26. The molecular formula is C20H23N5O2S. The fourth-order valence-corrected chi connectivity index (χ4v) is 4.18. The van der Waals surface area contributed by atoms with Gasteiger partial charge in [-0.1, -0.05) is 48.5 Å². The summed E-state index contributed by atoms with van der Waals surface area (Å²) in [5, 5.41) is 0. The number of hydrogen-bond donors (Lipinski definition) is 4. The van der Waals surface area contributed by atoms with E-state index in [0.717, 1.165) is 11.1 Å². The van der Waals surface area contributed by atoms with Crippen LogP contribution < -0.4 is 21.9 Å². The van der Waals surface area contributed by atoms with Gasteiger partial charge in [0.25, 0.3) is 0 Å². The summed E-state index contributed by atoms with van der Waals surface area (Å²) in [6.45, 7) is 0.221. The third-order valence-corrected chi connectivity index (χ3v) is 5.97. The Morgan fingerprint density at radius 1 is 0.929 bits per heavy atom. The number of benzene rings is 2. The van der Waals surface area contributed by atoms with Crippen molar-refractivity contribution >= 4 is 27.3 Å². The Morgan fingerprint density at radius 2 is 1.54 bits per heavy atom. The first kappa shape index (κ1) is 19.7. The van der Waals surface area contributed by atoms with Gasteiger partial charge in [0.2, 0.25) is 10.0 Å². The molecular weight excluding hydrogens is 374 g/mol. The van der Waals surface area contributed by atoms with E-state index in [2.05, 4.69) is 9.71 Å². The standard InChI is InChI=1S/C20H23N5O2S/c21-18-13-17(19(22)20(23)25-18)16(14-7-3-1-4-8-14)11-12-24-28(26,27)15-9-5-2-6-10-15/h1-10,13,16,24H,11-12,22H2,(H4,21,23,25)/t16-/m1/s1. The van der Waals surface area contributed by atoms with Crippen LogP contribution in [0, 0.1) is 0 Å². The lowest BCUT2D eigenvalue weighted by Gasteiger charge is -2.21. The minimum atomic E-state index is -3.59. The first-order valence-corrected chi connectivity index (χ1v) is 10.3. The molecule has 28 heavy (non-hydrogen) atoms. The molecule has 2 aromatic carbocycles. The highest BCUT2D eigenvalue weighted by molar-refractivity contribution is 7.89. The molecule has 1 heterocycles. The molecule has 0 fully saturated rings. The van der Waals surface area contributed by atoms with Gasteiger partial charge in [0.15, 0.2) is 0 Å². The van der Waals surface area contributed by atoms with E-state index in [1.807, 2.05) is 30.3 Å². The van der Waals surface area contributed by atoms with Crippen molar-refractivity contribution in [2.24, 2.45) is 0 Å². The summed E-state index contributed by atoms with van der Waals surface area (Å²) >= 11 is 0. The van der Waals surface area contributed by atoms with Crippen LogP contribution in [-0.2, 0) is 10.0 Å². The van der Waals surface area contributed by atoms with Gasteiger partial charge in [-0.25, -0.2) is 18.1 Å². The molecule has 1 atom stereocenters. The minimum absolute atomic E-state index is 0.167. The fourth-order valence-electron chi connectivity index (χ4n) is 3.11. The molecule has 3 aromatic rings. The summed E-state index contributed by atoms with van der Waals surface area (Å²) in [5.74, 6) is 0.251. The number of pyridine rings is 1. The van der Waals surface area contributed by atoms with Crippen molar-refractivity contribution in [3.63, 3.8) is 0 Å². The molecule has 0 aliphatic carbocycles. The molecule has 0 aliphatic heterocycles. The normalized spacial score (nSPS) is 12.6. The number of nitrogens with two attached hydrogens (primary N) is 3. The van der Waals surface area contributed by atoms with Crippen LogP contribution in [0.4, 0.5) is 17.3 Å². The molecule has 7 nitrogen and oxygen atoms in total. The van der Waals surface area contributed by atoms with Crippen LogP contribution in [0.3, 0.4) is 0 Å². The van der Waals surface area contributed by atoms with Crippen LogP contribution in [0.1, 0.15) is 23.5 Å². The molecule has 0 radical (unpaired) electrons. The Labute approximate surface area is 164 Å². The van der Waals surface area contributed by atoms with Gasteiger partial charge in [-0.05, 0) is 35.7 Å². The van der Waals surface area contributed by atoms with E-state index >= 15 is 0 Å². The molecule has 1 aromatic heterocycles. The van der Waals surface area contributed by atoms with Crippen LogP contribution in [0.15, 0.2) is 71.6 Å². The predicted octanol–water partition coefficient (Wildman–Crippen LogP) is 2.33. The lowest BCUT2D eigenvalue weighted by molar-refractivity contribution is 0.575. The number of anilines is 3. The number of hydrogen-bond acceptors (Lipinski definition) is 6. The fraction of sp³-hybridized carbons (Fsp3) is 0.150. The van der Waals surface area contributed by atoms with Gasteiger partial charge in [0.1, 0.15) is 11.6 Å². The zero-order valence-corrected chi connectivity index (χ0v) is 16.1. The molecule has 0 amide bonds. The molecule has 0 bridgehead atoms. The van der Waals surface area contributed by atoms with Gasteiger partial charge in [0.05, 0.1) is 10.6 Å². The third kappa shape index (κ3) is 4.41. The number of rotatable bonds is 7. The van der Waals surface area contributed by atoms with Gasteiger partial charge in [0, 0.05) is 12.5 Å². The highest BCUT2D eigenvalue weighted by Crippen LogP contribution is 2.34. The zero-order valence-electron chi connectivity index (χ0n) is 15.2.